The SMILES string of the molecule is CCCCNC(=O)/C(C#N)=C/c1ccc(OC(=O)c2ccccc2F)cc1. The van der Waals surface area contributed by atoms with Gasteiger partial charge in [-0.3, -0.25) is 4.79 Å². The fraction of sp³-hybridized carbons (Fsp3) is 0.190. The van der Waals surface area contributed by atoms with E-state index >= 15 is 0 Å². The molecule has 1 amide bonds. The molecule has 5 nitrogen and oxygen atoms in total. The Bertz CT molecular complexity index is 883. The molecule has 0 aliphatic rings. The van der Waals surface area contributed by atoms with E-state index in [1.54, 1.807) is 18.2 Å². The van der Waals surface area contributed by atoms with Crippen LogP contribution in [0.3, 0.4) is 0 Å². The van der Waals surface area contributed by atoms with E-state index in [0.717, 1.165) is 12.8 Å². The first-order chi connectivity index (χ1) is 13.0. The normalized spacial score (nSPS) is 10.8. The highest BCUT2D eigenvalue weighted by Gasteiger charge is 2.13. The number of ether oxygens (including phenoxy) is 1. The van der Waals surface area contributed by atoms with Crippen LogP contribution in [0.15, 0.2) is 54.1 Å². The second-order valence-corrected chi connectivity index (χ2v) is 5.72. The number of unbranched alkanes of at least 4 members (excludes halogenated alkanes) is 1. The molecule has 2 rings (SSSR count). The molecule has 0 aromatic heterocycles. The largest absolute Gasteiger partial charge is 0.423 e. The highest BCUT2D eigenvalue weighted by molar-refractivity contribution is 6.01. The maximum Gasteiger partial charge on any atom is 0.346 e. The van der Waals surface area contributed by atoms with Gasteiger partial charge in [-0.05, 0) is 42.3 Å². The molecule has 0 bridgehead atoms. The molecule has 2 aromatic rings. The molecule has 6 heteroatoms. The van der Waals surface area contributed by atoms with E-state index in [4.69, 9.17) is 10.00 Å². The molecule has 1 N–H and O–H groups in total. The molecule has 0 atom stereocenters. The third kappa shape index (κ3) is 5.79. The summed E-state index contributed by atoms with van der Waals surface area (Å²) in [6.45, 7) is 2.52. The first-order valence-electron chi connectivity index (χ1n) is 8.52. The second kappa shape index (κ2) is 9.88. The Balaban J connectivity index is 2.05. The number of hydrogen-bond donors (Lipinski definition) is 1. The van der Waals surface area contributed by atoms with E-state index in [2.05, 4.69) is 5.32 Å². The van der Waals surface area contributed by atoms with Crippen molar-refractivity contribution in [1.29, 1.82) is 5.26 Å². The zero-order valence-corrected chi connectivity index (χ0v) is 14.9. The van der Waals surface area contributed by atoms with E-state index in [1.165, 1.54) is 36.4 Å². The molecule has 0 aliphatic carbocycles. The van der Waals surface area contributed by atoms with Crippen molar-refractivity contribution < 1.29 is 18.7 Å². The third-order valence-corrected chi connectivity index (χ3v) is 3.68. The summed E-state index contributed by atoms with van der Waals surface area (Å²) in [6, 6.07) is 13.6. The number of hydrogen-bond acceptors (Lipinski definition) is 4. The monoisotopic (exact) mass is 366 g/mol. The summed E-state index contributed by atoms with van der Waals surface area (Å²) < 4.78 is 18.7. The lowest BCUT2D eigenvalue weighted by Crippen LogP contribution is -2.25. The van der Waals surface area contributed by atoms with Crippen molar-refractivity contribution in [2.45, 2.75) is 19.8 Å². The average Bonchev–Trinajstić information content (AvgIpc) is 2.67. The Morgan fingerprint density at radius 2 is 1.89 bits per heavy atom. The van der Waals surface area contributed by atoms with Crippen molar-refractivity contribution >= 4 is 18.0 Å². The number of nitrogens with zero attached hydrogens (tertiary/aromatic N) is 1. The van der Waals surface area contributed by atoms with Gasteiger partial charge in [0.25, 0.3) is 5.91 Å². The Morgan fingerprint density at radius 3 is 2.52 bits per heavy atom. The Morgan fingerprint density at radius 1 is 1.19 bits per heavy atom. The Hall–Kier alpha value is -3.46. The summed E-state index contributed by atoms with van der Waals surface area (Å²) in [5, 5.41) is 11.8. The molecule has 0 fully saturated rings. The lowest BCUT2D eigenvalue weighted by atomic mass is 10.1. The summed E-state index contributed by atoms with van der Waals surface area (Å²) in [5.41, 5.74) is 0.432. The summed E-state index contributed by atoms with van der Waals surface area (Å²) in [7, 11) is 0. The minimum atomic E-state index is -0.801. The van der Waals surface area contributed by atoms with E-state index in [-0.39, 0.29) is 16.9 Å². The van der Waals surface area contributed by atoms with Crippen LogP contribution < -0.4 is 10.1 Å². The molecule has 0 radical (unpaired) electrons. The number of amides is 1. The van der Waals surface area contributed by atoms with Crippen molar-refractivity contribution in [1.82, 2.24) is 5.32 Å². The minimum Gasteiger partial charge on any atom is -0.423 e. The highest BCUT2D eigenvalue weighted by atomic mass is 19.1. The quantitative estimate of drug-likeness (QED) is 0.265. The molecule has 138 valence electrons. The molecule has 2 aromatic carbocycles. The maximum absolute atomic E-state index is 13.6. The van der Waals surface area contributed by atoms with Gasteiger partial charge in [0.2, 0.25) is 0 Å². The highest BCUT2D eigenvalue weighted by Crippen LogP contribution is 2.17. The summed E-state index contributed by atoms with van der Waals surface area (Å²) in [4.78, 5) is 23.9. The lowest BCUT2D eigenvalue weighted by molar-refractivity contribution is -0.117. The van der Waals surface area contributed by atoms with Crippen molar-refractivity contribution in [3.8, 4) is 11.8 Å². The molecule has 0 spiro atoms. The van der Waals surface area contributed by atoms with Crippen LogP contribution in [-0.4, -0.2) is 18.4 Å². The molecular weight excluding hydrogens is 347 g/mol. The van der Waals surface area contributed by atoms with E-state index in [1.807, 2.05) is 13.0 Å². The second-order valence-electron chi connectivity index (χ2n) is 5.72. The van der Waals surface area contributed by atoms with Gasteiger partial charge >= 0.3 is 5.97 Å². The number of carbonyl (C=O) groups is 2. The fourth-order valence-electron chi connectivity index (χ4n) is 2.21. The molecule has 0 aliphatic heterocycles. The third-order valence-electron chi connectivity index (χ3n) is 3.68. The molecule has 0 saturated carbocycles. The molecule has 0 unspecified atom stereocenters. The number of rotatable bonds is 7. The lowest BCUT2D eigenvalue weighted by Gasteiger charge is -2.06. The van der Waals surface area contributed by atoms with Crippen LogP contribution >= 0.6 is 0 Å². The van der Waals surface area contributed by atoms with Crippen molar-refractivity contribution in [3.63, 3.8) is 0 Å². The zero-order chi connectivity index (χ0) is 19.6. The van der Waals surface area contributed by atoms with Crippen LogP contribution in [0.2, 0.25) is 0 Å². The number of benzene rings is 2. The van der Waals surface area contributed by atoms with Crippen molar-refractivity contribution in [2.24, 2.45) is 0 Å². The molecule has 0 saturated heterocycles. The van der Waals surface area contributed by atoms with Crippen molar-refractivity contribution in [3.05, 3.63) is 71.0 Å². The van der Waals surface area contributed by atoms with Gasteiger partial charge in [0.05, 0.1) is 5.56 Å². The predicted octanol–water partition coefficient (Wildman–Crippen LogP) is 3.87. The van der Waals surface area contributed by atoms with Crippen LogP contribution in [0.1, 0.15) is 35.7 Å². The smallest absolute Gasteiger partial charge is 0.346 e. The van der Waals surface area contributed by atoms with Crippen LogP contribution in [0.5, 0.6) is 5.75 Å². The predicted molar refractivity (Wildman–Crippen MR) is 99.3 cm³/mol. The van der Waals surface area contributed by atoms with Crippen LogP contribution in [-0.2, 0) is 4.79 Å². The van der Waals surface area contributed by atoms with Gasteiger partial charge < -0.3 is 10.1 Å². The van der Waals surface area contributed by atoms with Gasteiger partial charge in [0, 0.05) is 6.54 Å². The first-order valence-corrected chi connectivity index (χ1v) is 8.52. The van der Waals surface area contributed by atoms with E-state index < -0.39 is 17.7 Å². The minimum absolute atomic E-state index is 0.0118. The molecule has 27 heavy (non-hydrogen) atoms. The van der Waals surface area contributed by atoms with Gasteiger partial charge in [-0.1, -0.05) is 37.6 Å². The topological polar surface area (TPSA) is 79.2 Å². The maximum atomic E-state index is 13.6. The summed E-state index contributed by atoms with van der Waals surface area (Å²) >= 11 is 0. The van der Waals surface area contributed by atoms with Gasteiger partial charge in [-0.2, -0.15) is 5.26 Å². The molecule has 0 heterocycles. The standard InChI is InChI=1S/C21H19FN2O3/c1-2-3-12-24-20(25)16(14-23)13-15-8-10-17(11-9-15)27-21(26)18-6-4-5-7-19(18)22/h4-11,13H,2-3,12H2,1H3,(H,24,25)/b16-13+. The van der Waals surface area contributed by atoms with Crippen molar-refractivity contribution in [2.75, 3.05) is 6.54 Å². The van der Waals surface area contributed by atoms with E-state index in [9.17, 15) is 14.0 Å². The molecular formula is C21H19FN2O3. The van der Waals surface area contributed by atoms with Gasteiger partial charge in [0.15, 0.2) is 0 Å². The summed E-state index contributed by atoms with van der Waals surface area (Å²) in [6.07, 6.45) is 3.23. The van der Waals surface area contributed by atoms with Crippen LogP contribution in [0.4, 0.5) is 4.39 Å². The number of halogens is 1. The number of nitrogens with one attached hydrogen (secondary N) is 1. The van der Waals surface area contributed by atoms with Gasteiger partial charge in [-0.15, -0.1) is 0 Å². The van der Waals surface area contributed by atoms with Gasteiger partial charge in [0.1, 0.15) is 23.2 Å². The Labute approximate surface area is 157 Å². The average molecular weight is 366 g/mol. The van der Waals surface area contributed by atoms with E-state index in [0.29, 0.717) is 12.1 Å². The number of nitriles is 1. The Kier molecular flexibility index (Phi) is 7.26. The van der Waals surface area contributed by atoms with Gasteiger partial charge in [-0.25, -0.2) is 9.18 Å². The van der Waals surface area contributed by atoms with Crippen LogP contribution in [0, 0.1) is 17.1 Å². The number of carbonyl (C=O) groups excluding carboxylic acids is 2. The number of esters is 1. The zero-order valence-electron chi connectivity index (χ0n) is 14.9. The fourth-order valence-corrected chi connectivity index (χ4v) is 2.21. The van der Waals surface area contributed by atoms with Crippen LogP contribution in [0.25, 0.3) is 6.08 Å². The summed E-state index contributed by atoms with van der Waals surface area (Å²) in [5.74, 6) is -1.66. The first kappa shape index (κ1) is 19.9.